The van der Waals surface area contributed by atoms with Crippen molar-refractivity contribution in [2.75, 3.05) is 25.0 Å². The van der Waals surface area contributed by atoms with Crippen LogP contribution in [0.3, 0.4) is 0 Å². The maximum Gasteiger partial charge on any atom is 0.272 e. The summed E-state index contributed by atoms with van der Waals surface area (Å²) in [5.41, 5.74) is 2.08. The van der Waals surface area contributed by atoms with E-state index in [0.717, 1.165) is 12.1 Å². The first-order valence-corrected chi connectivity index (χ1v) is 10.3. The van der Waals surface area contributed by atoms with Crippen molar-refractivity contribution >= 4 is 23.2 Å². The molecule has 0 aliphatic carbocycles. The lowest BCUT2D eigenvalue weighted by molar-refractivity contribution is -0.119. The molecule has 2 aliphatic rings. The van der Waals surface area contributed by atoms with Crippen LogP contribution in [0.25, 0.3) is 0 Å². The van der Waals surface area contributed by atoms with Crippen LogP contribution in [0.15, 0.2) is 53.5 Å². The van der Waals surface area contributed by atoms with E-state index in [1.165, 1.54) is 17.7 Å². The number of carbonyl (C=O) groups is 2. The molecule has 0 aromatic heterocycles. The SMILES string of the molecule is CCc1cccc(NC(=O)CN2CCC3(CC2)N=C(c2cccc(F)c2)C(=O)N3)c1. The van der Waals surface area contributed by atoms with Crippen LogP contribution in [0, 0.1) is 5.82 Å². The Labute approximate surface area is 175 Å². The number of hydrogen-bond donors (Lipinski definition) is 2. The fourth-order valence-electron chi connectivity index (χ4n) is 3.99. The second-order valence-corrected chi connectivity index (χ2v) is 7.83. The van der Waals surface area contributed by atoms with Gasteiger partial charge in [0.1, 0.15) is 17.2 Å². The predicted molar refractivity (Wildman–Crippen MR) is 114 cm³/mol. The second-order valence-electron chi connectivity index (χ2n) is 7.83. The Balaban J connectivity index is 1.35. The lowest BCUT2D eigenvalue weighted by Gasteiger charge is -2.36. The molecule has 0 bridgehead atoms. The Hall–Kier alpha value is -3.06. The Morgan fingerprint density at radius 2 is 1.97 bits per heavy atom. The van der Waals surface area contributed by atoms with E-state index in [1.54, 1.807) is 12.1 Å². The maximum atomic E-state index is 13.5. The summed E-state index contributed by atoms with van der Waals surface area (Å²) in [5.74, 6) is -0.726. The third kappa shape index (κ3) is 4.41. The molecule has 1 spiro atoms. The number of nitrogens with zero attached hydrogens (tertiary/aromatic N) is 2. The number of hydrogen-bond acceptors (Lipinski definition) is 4. The van der Waals surface area contributed by atoms with E-state index in [1.807, 2.05) is 24.3 Å². The van der Waals surface area contributed by atoms with Gasteiger partial charge in [-0.25, -0.2) is 4.39 Å². The fraction of sp³-hybridized carbons (Fsp3) is 0.348. The molecule has 0 saturated carbocycles. The molecule has 2 amide bonds. The van der Waals surface area contributed by atoms with Crippen LogP contribution in [0.1, 0.15) is 30.9 Å². The molecule has 2 heterocycles. The minimum Gasteiger partial charge on any atom is -0.326 e. The molecule has 156 valence electrons. The standard InChI is InChI=1S/C23H25FN4O2/c1-2-16-5-3-8-19(13-16)25-20(29)15-28-11-9-23(10-12-28)26-21(22(30)27-23)17-6-4-7-18(24)14-17/h3-8,13-14H,2,9-12,15H2,1H3,(H,25,29)(H,27,30). The van der Waals surface area contributed by atoms with Crippen LogP contribution in [0.5, 0.6) is 0 Å². The maximum absolute atomic E-state index is 13.5. The third-order valence-electron chi connectivity index (χ3n) is 5.65. The quantitative estimate of drug-likeness (QED) is 0.799. The first-order valence-electron chi connectivity index (χ1n) is 10.3. The molecular formula is C23H25FN4O2. The molecule has 2 N–H and O–H groups in total. The van der Waals surface area contributed by atoms with E-state index in [4.69, 9.17) is 0 Å². The van der Waals surface area contributed by atoms with Gasteiger partial charge in [-0.15, -0.1) is 0 Å². The van der Waals surface area contributed by atoms with Gasteiger partial charge in [-0.3, -0.25) is 19.5 Å². The monoisotopic (exact) mass is 408 g/mol. The number of benzene rings is 2. The number of nitrogens with one attached hydrogen (secondary N) is 2. The number of amides is 2. The Kier molecular flexibility index (Phi) is 5.63. The Bertz CT molecular complexity index is 996. The van der Waals surface area contributed by atoms with Gasteiger partial charge in [0, 0.05) is 37.2 Å². The van der Waals surface area contributed by atoms with E-state index in [9.17, 15) is 14.0 Å². The zero-order valence-electron chi connectivity index (χ0n) is 17.0. The van der Waals surface area contributed by atoms with Crippen molar-refractivity contribution in [2.45, 2.75) is 31.8 Å². The highest BCUT2D eigenvalue weighted by molar-refractivity contribution is 6.46. The van der Waals surface area contributed by atoms with Gasteiger partial charge in [-0.05, 0) is 36.2 Å². The summed E-state index contributed by atoms with van der Waals surface area (Å²) < 4.78 is 13.5. The molecule has 30 heavy (non-hydrogen) atoms. The van der Waals surface area contributed by atoms with Crippen molar-refractivity contribution in [3.63, 3.8) is 0 Å². The van der Waals surface area contributed by atoms with Crippen molar-refractivity contribution in [3.8, 4) is 0 Å². The van der Waals surface area contributed by atoms with Crippen molar-refractivity contribution in [1.82, 2.24) is 10.2 Å². The Morgan fingerprint density at radius 3 is 2.70 bits per heavy atom. The van der Waals surface area contributed by atoms with Gasteiger partial charge in [-0.1, -0.05) is 31.2 Å². The smallest absolute Gasteiger partial charge is 0.272 e. The lowest BCUT2D eigenvalue weighted by atomic mass is 9.98. The molecule has 0 radical (unpaired) electrons. The number of halogens is 1. The van der Waals surface area contributed by atoms with Gasteiger partial charge < -0.3 is 10.6 Å². The molecule has 1 saturated heterocycles. The van der Waals surface area contributed by atoms with Crippen LogP contribution in [-0.2, 0) is 16.0 Å². The van der Waals surface area contributed by atoms with Crippen molar-refractivity contribution in [1.29, 1.82) is 0 Å². The first kappa shape index (κ1) is 20.2. The average molecular weight is 408 g/mol. The summed E-state index contributed by atoms with van der Waals surface area (Å²) >= 11 is 0. The summed E-state index contributed by atoms with van der Waals surface area (Å²) in [6.45, 7) is 3.65. The average Bonchev–Trinajstić information content (AvgIpc) is 3.06. The number of likely N-dealkylation sites (tertiary alicyclic amines) is 1. The topological polar surface area (TPSA) is 73.8 Å². The van der Waals surface area contributed by atoms with Gasteiger partial charge in [0.15, 0.2) is 0 Å². The van der Waals surface area contributed by atoms with Crippen LogP contribution in [-0.4, -0.2) is 47.7 Å². The summed E-state index contributed by atoms with van der Waals surface area (Å²) in [5, 5.41) is 5.92. The summed E-state index contributed by atoms with van der Waals surface area (Å²) in [4.78, 5) is 31.6. The van der Waals surface area contributed by atoms with Crippen LogP contribution >= 0.6 is 0 Å². The Morgan fingerprint density at radius 1 is 1.20 bits per heavy atom. The molecule has 7 heteroatoms. The molecule has 6 nitrogen and oxygen atoms in total. The highest BCUT2D eigenvalue weighted by Crippen LogP contribution is 2.29. The van der Waals surface area contributed by atoms with Crippen molar-refractivity contribution in [2.24, 2.45) is 4.99 Å². The number of anilines is 1. The largest absolute Gasteiger partial charge is 0.326 e. The second kappa shape index (κ2) is 8.36. The van der Waals surface area contributed by atoms with E-state index in [2.05, 4.69) is 27.4 Å². The molecule has 0 atom stereocenters. The lowest BCUT2D eigenvalue weighted by Crippen LogP contribution is -2.52. The number of rotatable bonds is 5. The number of aryl methyl sites for hydroxylation is 1. The van der Waals surface area contributed by atoms with E-state index >= 15 is 0 Å². The van der Waals surface area contributed by atoms with Gasteiger partial charge in [0.05, 0.1) is 6.54 Å². The van der Waals surface area contributed by atoms with Crippen molar-refractivity contribution in [3.05, 3.63) is 65.5 Å². The molecule has 2 aliphatic heterocycles. The minimum atomic E-state index is -0.666. The molecule has 2 aromatic carbocycles. The van der Waals surface area contributed by atoms with Crippen molar-refractivity contribution < 1.29 is 14.0 Å². The highest BCUT2D eigenvalue weighted by atomic mass is 19.1. The molecular weight excluding hydrogens is 383 g/mol. The summed E-state index contributed by atoms with van der Waals surface area (Å²) in [6, 6.07) is 13.8. The predicted octanol–water partition coefficient (Wildman–Crippen LogP) is 2.74. The van der Waals surface area contributed by atoms with E-state index in [-0.39, 0.29) is 17.5 Å². The van der Waals surface area contributed by atoms with Gasteiger partial charge >= 0.3 is 0 Å². The van der Waals surface area contributed by atoms with Crippen LogP contribution < -0.4 is 10.6 Å². The minimum absolute atomic E-state index is 0.0568. The summed E-state index contributed by atoms with van der Waals surface area (Å²) in [6.07, 6.45) is 2.13. The number of piperidine rings is 1. The van der Waals surface area contributed by atoms with Gasteiger partial charge in [-0.2, -0.15) is 0 Å². The summed E-state index contributed by atoms with van der Waals surface area (Å²) in [7, 11) is 0. The molecule has 2 aromatic rings. The normalized spacial score (nSPS) is 18.2. The first-order chi connectivity index (χ1) is 14.5. The van der Waals surface area contributed by atoms with Gasteiger partial charge in [0.2, 0.25) is 5.91 Å². The third-order valence-corrected chi connectivity index (χ3v) is 5.65. The zero-order valence-corrected chi connectivity index (χ0v) is 17.0. The molecule has 4 rings (SSSR count). The fourth-order valence-corrected chi connectivity index (χ4v) is 3.99. The number of carbonyl (C=O) groups excluding carboxylic acids is 2. The van der Waals surface area contributed by atoms with E-state index < -0.39 is 11.5 Å². The number of aliphatic imine (C=N–C) groups is 1. The zero-order chi connectivity index (χ0) is 21.1. The molecule has 1 fully saturated rings. The van der Waals surface area contributed by atoms with Crippen LogP contribution in [0.2, 0.25) is 0 Å². The highest BCUT2D eigenvalue weighted by Gasteiger charge is 2.42. The molecule has 0 unspecified atom stereocenters. The van der Waals surface area contributed by atoms with Gasteiger partial charge in [0.25, 0.3) is 5.91 Å². The van der Waals surface area contributed by atoms with E-state index in [0.29, 0.717) is 38.0 Å². The van der Waals surface area contributed by atoms with Crippen LogP contribution in [0.4, 0.5) is 10.1 Å².